The zero-order chi connectivity index (χ0) is 16.9. The Morgan fingerprint density at radius 1 is 1.17 bits per heavy atom. The molecule has 1 aromatic carbocycles. The Morgan fingerprint density at radius 3 is 2.43 bits per heavy atom. The lowest BCUT2D eigenvalue weighted by molar-refractivity contribution is -0.136. The monoisotopic (exact) mass is 342 g/mol. The average molecular weight is 343 g/mol. The Kier molecular flexibility index (Phi) is 5.96. The molecule has 3 N–H and O–H groups in total. The molecule has 23 heavy (non-hydrogen) atoms. The van der Waals surface area contributed by atoms with E-state index >= 15 is 0 Å². The number of carbonyl (C=O) groups excluding carboxylic acids is 2. The molecule has 1 aliphatic rings. The summed E-state index contributed by atoms with van der Waals surface area (Å²) < 4.78 is 13.0. The Labute approximate surface area is 139 Å². The third-order valence-electron chi connectivity index (χ3n) is 4.00. The molecular formula is C16H20ClFN2O3. The van der Waals surface area contributed by atoms with E-state index in [1.807, 2.05) is 0 Å². The summed E-state index contributed by atoms with van der Waals surface area (Å²) in [7, 11) is 0. The highest BCUT2D eigenvalue weighted by molar-refractivity contribution is 6.39. The number of carbonyl (C=O) groups is 2. The van der Waals surface area contributed by atoms with Crippen molar-refractivity contribution in [1.82, 2.24) is 5.32 Å². The van der Waals surface area contributed by atoms with Crippen LogP contribution in [0, 0.1) is 5.82 Å². The molecule has 1 saturated carbocycles. The van der Waals surface area contributed by atoms with E-state index in [0.717, 1.165) is 31.7 Å². The van der Waals surface area contributed by atoms with Gasteiger partial charge in [-0.2, -0.15) is 0 Å². The van der Waals surface area contributed by atoms with Crippen molar-refractivity contribution in [1.29, 1.82) is 0 Å². The van der Waals surface area contributed by atoms with Crippen LogP contribution < -0.4 is 10.6 Å². The first kappa shape index (κ1) is 17.7. The molecule has 1 fully saturated rings. The number of aliphatic hydroxyl groups is 1. The smallest absolute Gasteiger partial charge is 0.313 e. The lowest BCUT2D eigenvalue weighted by Crippen LogP contribution is -2.46. The molecule has 0 aliphatic heterocycles. The minimum Gasteiger partial charge on any atom is -0.388 e. The van der Waals surface area contributed by atoms with Gasteiger partial charge in [-0.15, -0.1) is 0 Å². The van der Waals surface area contributed by atoms with Gasteiger partial charge in [-0.25, -0.2) is 4.39 Å². The van der Waals surface area contributed by atoms with Crippen molar-refractivity contribution in [3.05, 3.63) is 29.0 Å². The molecule has 2 amide bonds. The van der Waals surface area contributed by atoms with Crippen LogP contribution in [-0.2, 0) is 9.59 Å². The normalized spacial score (nSPS) is 17.2. The highest BCUT2D eigenvalue weighted by Gasteiger charge is 2.29. The first-order valence-electron chi connectivity index (χ1n) is 7.66. The molecule has 0 aromatic heterocycles. The molecule has 0 heterocycles. The van der Waals surface area contributed by atoms with E-state index in [1.54, 1.807) is 0 Å². The maximum absolute atomic E-state index is 13.0. The summed E-state index contributed by atoms with van der Waals surface area (Å²) >= 11 is 5.61. The summed E-state index contributed by atoms with van der Waals surface area (Å²) in [5.74, 6) is -2.34. The quantitative estimate of drug-likeness (QED) is 0.583. The fraction of sp³-hybridized carbons (Fsp3) is 0.500. The number of benzene rings is 1. The summed E-state index contributed by atoms with van der Waals surface area (Å²) in [5.41, 5.74) is -0.726. The number of rotatable bonds is 3. The van der Waals surface area contributed by atoms with E-state index in [-0.39, 0.29) is 17.3 Å². The van der Waals surface area contributed by atoms with Crippen LogP contribution in [0.4, 0.5) is 10.1 Å². The fourth-order valence-corrected chi connectivity index (χ4v) is 2.83. The first-order chi connectivity index (χ1) is 10.9. The first-order valence-corrected chi connectivity index (χ1v) is 8.04. The third kappa shape index (κ3) is 5.18. The summed E-state index contributed by atoms with van der Waals surface area (Å²) in [5, 5.41) is 15.1. The van der Waals surface area contributed by atoms with Gasteiger partial charge in [0.05, 0.1) is 10.6 Å². The van der Waals surface area contributed by atoms with Gasteiger partial charge in [0.15, 0.2) is 0 Å². The van der Waals surface area contributed by atoms with Crippen molar-refractivity contribution in [2.75, 3.05) is 11.9 Å². The summed E-state index contributed by atoms with van der Waals surface area (Å²) in [6, 6.07) is 3.64. The molecule has 126 valence electrons. The standard InChI is InChI=1S/C16H20ClFN2O3/c17-12-9-11(5-6-13(12)18)20-15(22)14(21)19-10-16(23)7-3-1-2-4-8-16/h5-6,9,23H,1-4,7-8,10H2,(H,19,21)(H,20,22). The van der Waals surface area contributed by atoms with E-state index in [2.05, 4.69) is 10.6 Å². The molecule has 0 spiro atoms. The molecule has 2 rings (SSSR count). The second kappa shape index (κ2) is 7.75. The Balaban J connectivity index is 1.87. The van der Waals surface area contributed by atoms with E-state index in [9.17, 15) is 19.1 Å². The molecule has 0 atom stereocenters. The molecule has 1 aromatic rings. The molecule has 0 bridgehead atoms. The van der Waals surface area contributed by atoms with Crippen LogP contribution in [-0.4, -0.2) is 29.1 Å². The molecule has 7 heteroatoms. The molecule has 0 saturated heterocycles. The number of halogens is 2. The second-order valence-electron chi connectivity index (χ2n) is 5.90. The zero-order valence-electron chi connectivity index (χ0n) is 12.7. The van der Waals surface area contributed by atoms with Gasteiger partial charge in [-0.05, 0) is 31.0 Å². The Hall–Kier alpha value is -1.66. The summed E-state index contributed by atoms with van der Waals surface area (Å²) in [6.07, 6.45) is 5.19. The van der Waals surface area contributed by atoms with E-state index < -0.39 is 23.2 Å². The SMILES string of the molecule is O=C(NCC1(O)CCCCCC1)C(=O)Nc1ccc(F)c(Cl)c1. The van der Waals surface area contributed by atoms with Gasteiger partial charge in [0.2, 0.25) is 0 Å². The van der Waals surface area contributed by atoms with Crippen molar-refractivity contribution < 1.29 is 19.1 Å². The molecular weight excluding hydrogens is 323 g/mol. The van der Waals surface area contributed by atoms with Crippen LogP contribution in [0.2, 0.25) is 5.02 Å². The number of anilines is 1. The highest BCUT2D eigenvalue weighted by Crippen LogP contribution is 2.26. The summed E-state index contributed by atoms with van der Waals surface area (Å²) in [4.78, 5) is 23.6. The van der Waals surface area contributed by atoms with Crippen molar-refractivity contribution >= 4 is 29.1 Å². The van der Waals surface area contributed by atoms with Crippen LogP contribution in [0.1, 0.15) is 38.5 Å². The van der Waals surface area contributed by atoms with E-state index in [0.29, 0.717) is 12.8 Å². The minimum atomic E-state index is -0.953. The van der Waals surface area contributed by atoms with Crippen molar-refractivity contribution in [3.63, 3.8) is 0 Å². The van der Waals surface area contributed by atoms with Crippen molar-refractivity contribution in [3.8, 4) is 0 Å². The van der Waals surface area contributed by atoms with E-state index in [1.165, 1.54) is 12.1 Å². The molecule has 0 unspecified atom stereocenters. The minimum absolute atomic E-state index is 0.0451. The predicted octanol–water partition coefficient (Wildman–Crippen LogP) is 2.62. The van der Waals surface area contributed by atoms with Gasteiger partial charge in [-0.3, -0.25) is 9.59 Å². The number of hydrogen-bond donors (Lipinski definition) is 3. The average Bonchev–Trinajstić information content (AvgIpc) is 2.74. The largest absolute Gasteiger partial charge is 0.388 e. The van der Waals surface area contributed by atoms with Crippen molar-refractivity contribution in [2.45, 2.75) is 44.1 Å². The maximum atomic E-state index is 13.0. The Morgan fingerprint density at radius 2 is 1.83 bits per heavy atom. The van der Waals surface area contributed by atoms with Gasteiger partial charge in [-0.1, -0.05) is 37.3 Å². The van der Waals surface area contributed by atoms with E-state index in [4.69, 9.17) is 11.6 Å². The van der Waals surface area contributed by atoms with Crippen LogP contribution >= 0.6 is 11.6 Å². The molecule has 1 aliphatic carbocycles. The molecule has 5 nitrogen and oxygen atoms in total. The third-order valence-corrected chi connectivity index (χ3v) is 4.29. The van der Waals surface area contributed by atoms with Crippen molar-refractivity contribution in [2.24, 2.45) is 0 Å². The Bertz CT molecular complexity index is 587. The van der Waals surface area contributed by atoms with Gasteiger partial charge >= 0.3 is 11.8 Å². The highest BCUT2D eigenvalue weighted by atomic mass is 35.5. The lowest BCUT2D eigenvalue weighted by atomic mass is 9.94. The second-order valence-corrected chi connectivity index (χ2v) is 6.31. The molecule has 0 radical (unpaired) electrons. The zero-order valence-corrected chi connectivity index (χ0v) is 13.5. The fourth-order valence-electron chi connectivity index (χ4n) is 2.65. The number of nitrogens with one attached hydrogen (secondary N) is 2. The van der Waals surface area contributed by atoms with Gasteiger partial charge < -0.3 is 15.7 Å². The lowest BCUT2D eigenvalue weighted by Gasteiger charge is -2.26. The van der Waals surface area contributed by atoms with Crippen LogP contribution in [0.25, 0.3) is 0 Å². The summed E-state index contributed by atoms with van der Waals surface area (Å²) in [6.45, 7) is 0.0451. The maximum Gasteiger partial charge on any atom is 0.313 e. The van der Waals surface area contributed by atoms with Gasteiger partial charge in [0, 0.05) is 12.2 Å². The van der Waals surface area contributed by atoms with Crippen LogP contribution in [0.3, 0.4) is 0 Å². The number of hydrogen-bond acceptors (Lipinski definition) is 3. The number of amides is 2. The van der Waals surface area contributed by atoms with Gasteiger partial charge in [0.1, 0.15) is 5.82 Å². The topological polar surface area (TPSA) is 78.4 Å². The predicted molar refractivity (Wildman–Crippen MR) is 85.7 cm³/mol. The van der Waals surface area contributed by atoms with Crippen LogP contribution in [0.15, 0.2) is 18.2 Å². The van der Waals surface area contributed by atoms with Crippen LogP contribution in [0.5, 0.6) is 0 Å². The van der Waals surface area contributed by atoms with Gasteiger partial charge in [0.25, 0.3) is 0 Å².